The molecular weight excluding hydrogens is 338 g/mol. The monoisotopic (exact) mass is 357 g/mol. The van der Waals surface area contributed by atoms with E-state index in [-0.39, 0.29) is 19.0 Å². The van der Waals surface area contributed by atoms with E-state index in [1.165, 1.54) is 0 Å². The van der Waals surface area contributed by atoms with Gasteiger partial charge in [0.05, 0.1) is 34.8 Å². The fourth-order valence-corrected chi connectivity index (χ4v) is 4.00. The number of nitrogens with zero attached hydrogens (tertiary/aromatic N) is 3. The molecule has 6 nitrogen and oxygen atoms in total. The molecule has 0 unspecified atom stereocenters. The molecule has 2 aromatic heterocycles. The van der Waals surface area contributed by atoms with Gasteiger partial charge in [0, 0.05) is 11.4 Å². The van der Waals surface area contributed by atoms with E-state index in [9.17, 15) is 4.79 Å². The highest BCUT2D eigenvalue weighted by molar-refractivity contribution is 7.11. The Morgan fingerprint density at radius 3 is 3.04 bits per heavy atom. The molecule has 0 bridgehead atoms. The summed E-state index contributed by atoms with van der Waals surface area (Å²) in [5.74, 6) is 0.718. The lowest BCUT2D eigenvalue weighted by Crippen LogP contribution is -2.16. The highest BCUT2D eigenvalue weighted by Crippen LogP contribution is 2.22. The lowest BCUT2D eigenvalue weighted by atomic mass is 10.2. The number of carbonyl (C=O) groups excluding carboxylic acids is 1. The number of aryl methyl sites for hydroxylation is 2. The Balaban J connectivity index is 1.44. The van der Waals surface area contributed by atoms with E-state index in [4.69, 9.17) is 9.47 Å². The van der Waals surface area contributed by atoms with Gasteiger partial charge >= 0.3 is 5.97 Å². The van der Waals surface area contributed by atoms with Gasteiger partial charge in [-0.1, -0.05) is 6.07 Å². The maximum absolute atomic E-state index is 12.1. The van der Waals surface area contributed by atoms with Crippen molar-refractivity contribution in [3.8, 4) is 0 Å². The molecule has 0 spiro atoms. The van der Waals surface area contributed by atoms with Crippen LogP contribution >= 0.6 is 11.3 Å². The zero-order chi connectivity index (χ0) is 17.4. The van der Waals surface area contributed by atoms with Gasteiger partial charge < -0.3 is 14.0 Å². The molecule has 0 amide bonds. The van der Waals surface area contributed by atoms with Crippen molar-refractivity contribution < 1.29 is 14.3 Å². The Morgan fingerprint density at radius 2 is 2.24 bits per heavy atom. The Hall–Kier alpha value is -2.25. The minimum atomic E-state index is -0.232. The molecule has 3 aromatic rings. The number of hydrogen-bond acceptors (Lipinski definition) is 6. The number of carbonyl (C=O) groups is 1. The lowest BCUT2D eigenvalue weighted by molar-refractivity contribution is -0.144. The second kappa shape index (κ2) is 6.57. The first-order valence-corrected chi connectivity index (χ1v) is 9.06. The van der Waals surface area contributed by atoms with Crippen LogP contribution in [0.15, 0.2) is 18.2 Å². The molecule has 4 rings (SSSR count). The summed E-state index contributed by atoms with van der Waals surface area (Å²) in [4.78, 5) is 22.0. The first kappa shape index (κ1) is 16.2. The van der Waals surface area contributed by atoms with Crippen LogP contribution in [-0.2, 0) is 40.4 Å². The molecule has 130 valence electrons. The third-order valence-electron chi connectivity index (χ3n) is 4.29. The first-order chi connectivity index (χ1) is 12.1. The fraction of sp³-hybridized carbons (Fsp3) is 0.389. The minimum Gasteiger partial charge on any atom is -0.461 e. The highest BCUT2D eigenvalue weighted by Gasteiger charge is 2.16. The maximum Gasteiger partial charge on any atom is 0.311 e. The average molecular weight is 357 g/mol. The molecule has 1 aliphatic heterocycles. The molecule has 0 saturated heterocycles. The molecule has 3 heterocycles. The standard InChI is InChI=1S/C18H19N3O3S/c1-11-16(25-12(2)19-11)8-18(22)24-9-13-3-4-15-14(7-13)20-17-10-23-6-5-21(15)17/h3-4,7H,5-6,8-10H2,1-2H3. The van der Waals surface area contributed by atoms with E-state index in [1.807, 2.05) is 32.0 Å². The maximum atomic E-state index is 12.1. The number of aromatic nitrogens is 3. The van der Waals surface area contributed by atoms with Crippen LogP contribution < -0.4 is 0 Å². The number of ether oxygens (including phenoxy) is 2. The van der Waals surface area contributed by atoms with Crippen molar-refractivity contribution in [3.63, 3.8) is 0 Å². The van der Waals surface area contributed by atoms with Crippen molar-refractivity contribution in [2.75, 3.05) is 6.61 Å². The van der Waals surface area contributed by atoms with E-state index < -0.39 is 0 Å². The molecule has 25 heavy (non-hydrogen) atoms. The summed E-state index contributed by atoms with van der Waals surface area (Å²) >= 11 is 1.54. The molecule has 7 heteroatoms. The van der Waals surface area contributed by atoms with Crippen LogP contribution in [0.1, 0.15) is 27.0 Å². The van der Waals surface area contributed by atoms with E-state index in [0.717, 1.165) is 44.5 Å². The number of hydrogen-bond donors (Lipinski definition) is 0. The third-order valence-corrected chi connectivity index (χ3v) is 5.36. The second-order valence-electron chi connectivity index (χ2n) is 6.13. The molecule has 0 fully saturated rings. The van der Waals surface area contributed by atoms with Crippen molar-refractivity contribution in [3.05, 3.63) is 45.2 Å². The quantitative estimate of drug-likeness (QED) is 0.672. The van der Waals surface area contributed by atoms with Gasteiger partial charge in [-0.3, -0.25) is 4.79 Å². The predicted octanol–water partition coefficient (Wildman–Crippen LogP) is 2.93. The van der Waals surface area contributed by atoms with Gasteiger partial charge in [0.25, 0.3) is 0 Å². The number of esters is 1. The van der Waals surface area contributed by atoms with Crippen molar-refractivity contribution in [1.82, 2.24) is 14.5 Å². The van der Waals surface area contributed by atoms with Gasteiger partial charge in [-0.15, -0.1) is 11.3 Å². The number of benzene rings is 1. The average Bonchev–Trinajstić information content (AvgIpc) is 3.11. The number of rotatable bonds is 4. The van der Waals surface area contributed by atoms with Gasteiger partial charge in [-0.2, -0.15) is 0 Å². The van der Waals surface area contributed by atoms with Crippen molar-refractivity contribution in [1.29, 1.82) is 0 Å². The first-order valence-electron chi connectivity index (χ1n) is 8.24. The zero-order valence-corrected chi connectivity index (χ0v) is 15.1. The Labute approximate surface area is 149 Å². The van der Waals surface area contributed by atoms with Crippen molar-refractivity contribution >= 4 is 28.3 Å². The van der Waals surface area contributed by atoms with Crippen molar-refractivity contribution in [2.45, 2.75) is 40.0 Å². The topological polar surface area (TPSA) is 66.2 Å². The summed E-state index contributed by atoms with van der Waals surface area (Å²) in [5.41, 5.74) is 3.87. The summed E-state index contributed by atoms with van der Waals surface area (Å²) < 4.78 is 13.1. The van der Waals surface area contributed by atoms with Gasteiger partial charge in [-0.05, 0) is 31.5 Å². The van der Waals surface area contributed by atoms with Crippen LogP contribution in [-0.4, -0.2) is 27.1 Å². The highest BCUT2D eigenvalue weighted by atomic mass is 32.1. The van der Waals surface area contributed by atoms with Crippen LogP contribution in [0.3, 0.4) is 0 Å². The normalized spacial score (nSPS) is 13.8. The smallest absolute Gasteiger partial charge is 0.311 e. The van der Waals surface area contributed by atoms with Crippen LogP contribution in [0.4, 0.5) is 0 Å². The number of fused-ring (bicyclic) bond motifs is 3. The van der Waals surface area contributed by atoms with Crippen LogP contribution in [0.25, 0.3) is 11.0 Å². The summed E-state index contributed by atoms with van der Waals surface area (Å²) in [6.45, 7) is 6.21. The molecule has 0 saturated carbocycles. The van der Waals surface area contributed by atoms with Crippen LogP contribution in [0.2, 0.25) is 0 Å². The molecular formula is C18H19N3O3S. The lowest BCUT2D eigenvalue weighted by Gasteiger charge is -2.14. The molecule has 0 radical (unpaired) electrons. The fourth-order valence-electron chi connectivity index (χ4n) is 3.08. The largest absolute Gasteiger partial charge is 0.461 e. The molecule has 1 aromatic carbocycles. The minimum absolute atomic E-state index is 0.232. The van der Waals surface area contributed by atoms with E-state index >= 15 is 0 Å². The Morgan fingerprint density at radius 1 is 1.36 bits per heavy atom. The Bertz CT molecular complexity index is 945. The number of thiazole rings is 1. The van der Waals surface area contributed by atoms with Crippen LogP contribution in [0.5, 0.6) is 0 Å². The van der Waals surface area contributed by atoms with Gasteiger partial charge in [0.1, 0.15) is 19.0 Å². The van der Waals surface area contributed by atoms with Crippen molar-refractivity contribution in [2.24, 2.45) is 0 Å². The Kier molecular flexibility index (Phi) is 4.27. The molecule has 0 aliphatic carbocycles. The summed E-state index contributed by atoms with van der Waals surface area (Å²) in [7, 11) is 0. The summed E-state index contributed by atoms with van der Waals surface area (Å²) in [6, 6.07) is 6.01. The summed E-state index contributed by atoms with van der Waals surface area (Å²) in [6.07, 6.45) is 0.274. The van der Waals surface area contributed by atoms with E-state index in [2.05, 4.69) is 14.5 Å². The summed E-state index contributed by atoms with van der Waals surface area (Å²) in [5, 5.41) is 0.971. The zero-order valence-electron chi connectivity index (χ0n) is 14.2. The molecule has 0 atom stereocenters. The van der Waals surface area contributed by atoms with Gasteiger partial charge in [0.2, 0.25) is 0 Å². The number of imidazole rings is 1. The predicted molar refractivity (Wildman–Crippen MR) is 94.5 cm³/mol. The van der Waals surface area contributed by atoms with Gasteiger partial charge in [0.15, 0.2) is 0 Å². The van der Waals surface area contributed by atoms with E-state index in [1.54, 1.807) is 11.3 Å². The molecule has 0 N–H and O–H groups in total. The molecule has 1 aliphatic rings. The van der Waals surface area contributed by atoms with Gasteiger partial charge in [-0.25, -0.2) is 9.97 Å². The van der Waals surface area contributed by atoms with E-state index in [0.29, 0.717) is 13.2 Å². The SMILES string of the molecule is Cc1nc(C)c(CC(=O)OCc2ccc3c(c2)nc2n3CCOC2)s1. The van der Waals surface area contributed by atoms with Crippen LogP contribution in [0, 0.1) is 13.8 Å². The second-order valence-corrected chi connectivity index (χ2v) is 7.42. The third kappa shape index (κ3) is 3.29.